The lowest BCUT2D eigenvalue weighted by atomic mass is 9.90. The number of rotatable bonds is 9. The van der Waals surface area contributed by atoms with Crippen LogP contribution in [-0.4, -0.2) is 89.4 Å². The molecule has 3 aromatic heterocycles. The van der Waals surface area contributed by atoms with Crippen molar-refractivity contribution in [3.8, 4) is 17.1 Å². The molecule has 1 saturated carbocycles. The van der Waals surface area contributed by atoms with Crippen LogP contribution in [-0.2, 0) is 10.9 Å². The number of ether oxygens (including phenoxy) is 2. The fourth-order valence-corrected chi connectivity index (χ4v) is 5.48. The second kappa shape index (κ2) is 14.8. The first-order valence-electron chi connectivity index (χ1n) is 14.8. The van der Waals surface area contributed by atoms with Gasteiger partial charge in [0.15, 0.2) is 0 Å². The Morgan fingerprint density at radius 3 is 2.41 bits per heavy atom. The van der Waals surface area contributed by atoms with E-state index in [9.17, 15) is 26.7 Å². The van der Waals surface area contributed by atoms with Gasteiger partial charge in [0.1, 0.15) is 17.2 Å². The first-order valence-corrected chi connectivity index (χ1v) is 14.8. The van der Waals surface area contributed by atoms with E-state index in [0.717, 1.165) is 6.20 Å². The number of urea groups is 1. The lowest BCUT2D eigenvalue weighted by molar-refractivity contribution is -0.137. The Balaban J connectivity index is 1.29. The summed E-state index contributed by atoms with van der Waals surface area (Å²) < 4.78 is 77.7. The molecule has 2 amide bonds. The molecule has 1 saturated heterocycles. The zero-order valence-corrected chi connectivity index (χ0v) is 25.0. The number of carbonyl (C=O) groups is 1. The highest BCUT2D eigenvalue weighted by Crippen LogP contribution is 2.36. The monoisotopic (exact) mass is 651 g/mol. The molecule has 2 aliphatic rings. The van der Waals surface area contributed by atoms with Crippen molar-refractivity contribution >= 4 is 23.6 Å². The van der Waals surface area contributed by atoms with Crippen LogP contribution >= 0.6 is 0 Å². The van der Waals surface area contributed by atoms with Crippen LogP contribution in [0, 0.1) is 0 Å². The summed E-state index contributed by atoms with van der Waals surface area (Å²) in [6.45, 7) is 0.590. The number of pyridine rings is 1. The third-order valence-electron chi connectivity index (χ3n) is 7.76. The van der Waals surface area contributed by atoms with E-state index in [1.165, 1.54) is 18.2 Å². The zero-order chi connectivity index (χ0) is 32.7. The van der Waals surface area contributed by atoms with E-state index >= 15 is 0 Å². The van der Waals surface area contributed by atoms with Crippen molar-refractivity contribution in [2.24, 2.45) is 0 Å². The molecule has 3 aromatic rings. The molecule has 0 radical (unpaired) electrons. The molecule has 17 heteroatoms. The van der Waals surface area contributed by atoms with E-state index in [1.807, 2.05) is 0 Å². The number of nitrogens with one attached hydrogen (secondary N) is 2. The minimum absolute atomic E-state index is 0.0721. The lowest BCUT2D eigenvalue weighted by Gasteiger charge is -2.36. The Morgan fingerprint density at radius 1 is 1.02 bits per heavy atom. The maximum Gasteiger partial charge on any atom is 0.421 e. The third kappa shape index (κ3) is 8.24. The van der Waals surface area contributed by atoms with E-state index in [-0.39, 0.29) is 42.2 Å². The van der Waals surface area contributed by atoms with E-state index in [2.05, 4.69) is 35.6 Å². The average Bonchev–Trinajstić information content (AvgIpc) is 3.34. The van der Waals surface area contributed by atoms with Gasteiger partial charge in [-0.15, -0.1) is 0 Å². The first-order chi connectivity index (χ1) is 22.1. The van der Waals surface area contributed by atoms with Crippen LogP contribution in [0.15, 0.2) is 36.9 Å². The predicted molar refractivity (Wildman–Crippen MR) is 158 cm³/mol. The number of anilines is 3. The lowest BCUT2D eigenvalue weighted by Crippen LogP contribution is -2.50. The first kappa shape index (κ1) is 33.0. The Morgan fingerprint density at radius 2 is 1.76 bits per heavy atom. The Labute approximate surface area is 261 Å². The van der Waals surface area contributed by atoms with Gasteiger partial charge in [-0.05, 0) is 44.2 Å². The second-order valence-electron chi connectivity index (χ2n) is 10.8. The fourth-order valence-electron chi connectivity index (χ4n) is 5.48. The molecular weight excluding hydrogens is 617 g/mol. The highest BCUT2D eigenvalue weighted by atomic mass is 19.4. The van der Waals surface area contributed by atoms with E-state index in [1.54, 1.807) is 29.4 Å². The summed E-state index contributed by atoms with van der Waals surface area (Å²) in [7, 11) is 1.45. The quantitative estimate of drug-likeness (QED) is 0.312. The Bertz CT molecular complexity index is 1430. The maximum atomic E-state index is 13.8. The van der Waals surface area contributed by atoms with Crippen molar-refractivity contribution in [3.63, 3.8) is 0 Å². The number of nitrogens with zero attached hydrogens (tertiary/aromatic N) is 7. The maximum absolute atomic E-state index is 13.8. The van der Waals surface area contributed by atoms with Crippen LogP contribution in [0.4, 0.5) is 44.3 Å². The van der Waals surface area contributed by atoms with Gasteiger partial charge in [0.25, 0.3) is 6.43 Å². The highest BCUT2D eigenvalue weighted by molar-refractivity contribution is 5.91. The van der Waals surface area contributed by atoms with Crippen molar-refractivity contribution in [2.75, 3.05) is 55.1 Å². The predicted octanol–water partition coefficient (Wildman–Crippen LogP) is 4.79. The molecule has 0 spiro atoms. The molecule has 0 unspecified atom stereocenters. The van der Waals surface area contributed by atoms with Gasteiger partial charge in [0.05, 0.1) is 20.3 Å². The molecule has 1 aliphatic heterocycles. The van der Waals surface area contributed by atoms with Crippen molar-refractivity contribution in [2.45, 2.75) is 56.8 Å². The normalized spacial score (nSPS) is 19.0. The largest absolute Gasteiger partial charge is 0.467 e. The van der Waals surface area contributed by atoms with Crippen molar-refractivity contribution in [1.29, 1.82) is 0 Å². The number of amides is 2. The average molecular weight is 652 g/mol. The molecule has 2 fully saturated rings. The Kier molecular flexibility index (Phi) is 10.6. The van der Waals surface area contributed by atoms with E-state index in [4.69, 9.17) is 9.47 Å². The minimum atomic E-state index is -4.62. The van der Waals surface area contributed by atoms with Crippen LogP contribution in [0.2, 0.25) is 0 Å². The van der Waals surface area contributed by atoms with Gasteiger partial charge in [-0.2, -0.15) is 18.2 Å². The third-order valence-corrected chi connectivity index (χ3v) is 7.76. The summed E-state index contributed by atoms with van der Waals surface area (Å²) >= 11 is 0. The van der Waals surface area contributed by atoms with Crippen LogP contribution in [0.1, 0.15) is 37.7 Å². The number of methoxy groups -OCH3 is 1. The summed E-state index contributed by atoms with van der Waals surface area (Å²) in [6.07, 6.45) is 0.645. The van der Waals surface area contributed by atoms with E-state index < -0.39 is 30.7 Å². The molecule has 4 heterocycles. The molecule has 12 nitrogen and oxygen atoms in total. The molecule has 5 rings (SSSR count). The molecule has 0 aromatic carbocycles. The molecule has 248 valence electrons. The number of alkyl halides is 5. The molecular formula is C29H34F5N9O3. The van der Waals surface area contributed by atoms with Gasteiger partial charge in [-0.25, -0.2) is 33.5 Å². The van der Waals surface area contributed by atoms with Gasteiger partial charge in [0, 0.05) is 67.7 Å². The van der Waals surface area contributed by atoms with Crippen LogP contribution in [0.3, 0.4) is 0 Å². The van der Waals surface area contributed by atoms with Crippen LogP contribution in [0.25, 0.3) is 11.1 Å². The van der Waals surface area contributed by atoms with Crippen molar-refractivity contribution in [3.05, 3.63) is 42.5 Å². The second-order valence-corrected chi connectivity index (χ2v) is 10.8. The van der Waals surface area contributed by atoms with Gasteiger partial charge < -0.3 is 25.0 Å². The minimum Gasteiger partial charge on any atom is -0.467 e. The SMILES string of the molecule is COc1ncc(-c2ccc(N(C(=O)NCC(F)F)[C@H]3CC[C@H](Nc4ncc(C(F)(F)F)c(N5CCCOCC5)n4)CC3)nc2)cn1. The topological polar surface area (TPSA) is 131 Å². The molecule has 0 atom stereocenters. The standard InChI is InChI=1S/C29H34F5N9O3/c1-45-27-37-14-19(15-38-27)18-3-8-24(35-13-18)43(28(44)39-17-23(30)31)21-6-4-20(5-7-21)40-26-36-16-22(29(32,33)34)25(41-26)42-9-2-11-46-12-10-42/h3,8,13-16,20-21,23H,2,4-7,9-12,17H2,1H3,(H,39,44)(H,36,40,41)/t20-,21-. The van der Waals surface area contributed by atoms with Gasteiger partial charge in [-0.3, -0.25) is 4.90 Å². The Hall–Kier alpha value is -4.41. The van der Waals surface area contributed by atoms with Gasteiger partial charge in [0.2, 0.25) is 5.95 Å². The summed E-state index contributed by atoms with van der Waals surface area (Å²) in [5.74, 6) is 0.156. The summed E-state index contributed by atoms with van der Waals surface area (Å²) in [5.41, 5.74) is 0.431. The number of carbonyl (C=O) groups excluding carboxylic acids is 1. The van der Waals surface area contributed by atoms with Gasteiger partial charge in [-0.1, -0.05) is 0 Å². The summed E-state index contributed by atoms with van der Waals surface area (Å²) in [6, 6.07) is 2.28. The zero-order valence-electron chi connectivity index (χ0n) is 25.0. The van der Waals surface area contributed by atoms with Crippen LogP contribution < -0.4 is 25.2 Å². The van der Waals surface area contributed by atoms with Crippen molar-refractivity contribution < 1.29 is 36.2 Å². The fraction of sp³-hybridized carbons (Fsp3) is 0.517. The van der Waals surface area contributed by atoms with Crippen LogP contribution in [0.5, 0.6) is 6.01 Å². The number of halogens is 5. The molecule has 1 aliphatic carbocycles. The molecule has 46 heavy (non-hydrogen) atoms. The highest BCUT2D eigenvalue weighted by Gasteiger charge is 2.37. The number of hydrogen-bond donors (Lipinski definition) is 2. The van der Waals surface area contributed by atoms with E-state index in [0.29, 0.717) is 63.0 Å². The summed E-state index contributed by atoms with van der Waals surface area (Å²) in [5, 5.41) is 5.42. The molecule has 0 bridgehead atoms. The number of hydrogen-bond acceptors (Lipinski definition) is 10. The number of aromatic nitrogens is 5. The molecule has 2 N–H and O–H groups in total. The summed E-state index contributed by atoms with van der Waals surface area (Å²) in [4.78, 5) is 36.9. The van der Waals surface area contributed by atoms with Crippen molar-refractivity contribution in [1.82, 2.24) is 30.2 Å². The van der Waals surface area contributed by atoms with Gasteiger partial charge >= 0.3 is 18.2 Å². The smallest absolute Gasteiger partial charge is 0.421 e.